The summed E-state index contributed by atoms with van der Waals surface area (Å²) >= 11 is 1.45. The highest BCUT2D eigenvalue weighted by Gasteiger charge is 2.25. The number of anilines is 1. The molecule has 1 fully saturated rings. The molecule has 2 N–H and O–H groups in total. The minimum Gasteiger partial charge on any atom is -0.316 e. The molecule has 0 spiro atoms. The van der Waals surface area contributed by atoms with Crippen LogP contribution in [0.5, 0.6) is 0 Å². The highest BCUT2D eigenvalue weighted by molar-refractivity contribution is 7.14. The number of hydrogen-bond donors (Lipinski definition) is 2. The lowest BCUT2D eigenvalue weighted by molar-refractivity contribution is 0.102. The molecule has 1 aromatic carbocycles. The van der Waals surface area contributed by atoms with Crippen LogP contribution in [-0.2, 0) is 7.05 Å². The van der Waals surface area contributed by atoms with Gasteiger partial charge in [0.05, 0.1) is 17.0 Å². The Hall–Kier alpha value is -2.51. The number of aromatic nitrogens is 3. The van der Waals surface area contributed by atoms with Gasteiger partial charge in [-0.05, 0) is 38.8 Å². The van der Waals surface area contributed by atoms with E-state index in [1.807, 2.05) is 12.4 Å². The van der Waals surface area contributed by atoms with Crippen LogP contribution in [0.3, 0.4) is 0 Å². The number of rotatable bonds is 4. The molecule has 146 valence electrons. The fraction of sp³-hybridized carbons (Fsp3) is 0.381. The molecule has 0 saturated carbocycles. The summed E-state index contributed by atoms with van der Waals surface area (Å²) < 4.78 is 1.72. The van der Waals surface area contributed by atoms with Crippen LogP contribution in [-0.4, -0.2) is 33.8 Å². The van der Waals surface area contributed by atoms with Crippen LogP contribution in [0.15, 0.2) is 29.8 Å². The van der Waals surface area contributed by atoms with Gasteiger partial charge in [0.1, 0.15) is 0 Å². The van der Waals surface area contributed by atoms with Crippen molar-refractivity contribution in [3.63, 3.8) is 0 Å². The average molecular weight is 396 g/mol. The second kappa shape index (κ2) is 7.85. The molecule has 1 unspecified atom stereocenters. The first kappa shape index (κ1) is 18.8. The molecule has 3 heterocycles. The smallest absolute Gasteiger partial charge is 0.260 e. The first-order valence-corrected chi connectivity index (χ1v) is 10.5. The molecular weight excluding hydrogens is 370 g/mol. The number of nitrogens with one attached hydrogen (secondary N) is 2. The number of nitrogens with zero attached hydrogens (tertiary/aromatic N) is 3. The third kappa shape index (κ3) is 3.86. The maximum Gasteiger partial charge on any atom is 0.260 e. The molecule has 7 heteroatoms. The Bertz CT molecular complexity index is 1000. The molecule has 4 rings (SSSR count). The molecule has 3 aromatic rings. The molecule has 6 nitrogen and oxygen atoms in total. The van der Waals surface area contributed by atoms with Crippen LogP contribution in [0.2, 0.25) is 0 Å². The van der Waals surface area contributed by atoms with Crippen molar-refractivity contribution in [3.8, 4) is 11.3 Å². The third-order valence-corrected chi connectivity index (χ3v) is 5.93. The van der Waals surface area contributed by atoms with Crippen molar-refractivity contribution in [1.29, 1.82) is 0 Å². The number of hydrogen-bond acceptors (Lipinski definition) is 5. The normalized spacial score (nSPS) is 16.9. The number of carbonyl (C=O) groups excluding carboxylic acids is 1. The van der Waals surface area contributed by atoms with Crippen molar-refractivity contribution in [2.75, 3.05) is 18.4 Å². The molecule has 28 heavy (non-hydrogen) atoms. The fourth-order valence-electron chi connectivity index (χ4n) is 3.79. The lowest BCUT2D eigenvalue weighted by Gasteiger charge is -2.21. The van der Waals surface area contributed by atoms with Crippen LogP contribution in [0.4, 0.5) is 5.13 Å². The van der Waals surface area contributed by atoms with Crippen LogP contribution < -0.4 is 10.6 Å². The Labute approximate surface area is 169 Å². The number of carbonyl (C=O) groups is 1. The second-order valence-corrected chi connectivity index (χ2v) is 8.31. The van der Waals surface area contributed by atoms with E-state index in [0.29, 0.717) is 10.7 Å². The van der Waals surface area contributed by atoms with Crippen molar-refractivity contribution < 1.29 is 4.79 Å². The van der Waals surface area contributed by atoms with Crippen LogP contribution in [0.1, 0.15) is 45.9 Å². The summed E-state index contributed by atoms with van der Waals surface area (Å²) in [6, 6.07) is 6.31. The van der Waals surface area contributed by atoms with Crippen LogP contribution in [0.25, 0.3) is 11.3 Å². The Balaban J connectivity index is 1.54. The minimum absolute atomic E-state index is 0.143. The number of aryl methyl sites for hydroxylation is 3. The number of benzene rings is 1. The van der Waals surface area contributed by atoms with Gasteiger partial charge in [-0.25, -0.2) is 4.98 Å². The van der Waals surface area contributed by atoms with E-state index in [1.54, 1.807) is 10.9 Å². The standard InChI is InChI=1S/C21H25N5OS/c1-13-6-7-16(14(2)9-13)18-12-28-21(23-18)24-20(27)17-11-26(3)25-19(17)15-5-4-8-22-10-15/h6-7,9,11-12,15,22H,4-5,8,10H2,1-3H3,(H,23,24,27). The van der Waals surface area contributed by atoms with E-state index in [-0.39, 0.29) is 11.8 Å². The summed E-state index contributed by atoms with van der Waals surface area (Å²) in [4.78, 5) is 17.6. The van der Waals surface area contributed by atoms with Gasteiger partial charge in [-0.3, -0.25) is 14.8 Å². The number of thiazole rings is 1. The van der Waals surface area contributed by atoms with Gasteiger partial charge in [0.25, 0.3) is 5.91 Å². The van der Waals surface area contributed by atoms with E-state index in [2.05, 4.69) is 52.8 Å². The number of piperidine rings is 1. The molecule has 2 aromatic heterocycles. The predicted molar refractivity (Wildman–Crippen MR) is 113 cm³/mol. The molecule has 0 aliphatic carbocycles. The summed E-state index contributed by atoms with van der Waals surface area (Å²) in [5, 5.41) is 13.5. The Morgan fingerprint density at radius 1 is 1.36 bits per heavy atom. The Morgan fingerprint density at radius 2 is 2.21 bits per heavy atom. The Morgan fingerprint density at radius 3 is 2.96 bits per heavy atom. The zero-order chi connectivity index (χ0) is 19.7. The molecule has 1 aliphatic rings. The van der Waals surface area contributed by atoms with E-state index < -0.39 is 0 Å². The van der Waals surface area contributed by atoms with Gasteiger partial charge < -0.3 is 5.32 Å². The lowest BCUT2D eigenvalue weighted by atomic mass is 9.93. The zero-order valence-electron chi connectivity index (χ0n) is 16.5. The van der Waals surface area contributed by atoms with Crippen LogP contribution in [0, 0.1) is 13.8 Å². The first-order valence-electron chi connectivity index (χ1n) is 9.60. The first-order chi connectivity index (χ1) is 13.5. The van der Waals surface area contributed by atoms with E-state index in [1.165, 1.54) is 22.5 Å². The van der Waals surface area contributed by atoms with Gasteiger partial charge in [0.15, 0.2) is 5.13 Å². The molecule has 0 bridgehead atoms. The molecule has 0 radical (unpaired) electrons. The highest BCUT2D eigenvalue weighted by Crippen LogP contribution is 2.29. The van der Waals surface area contributed by atoms with E-state index in [9.17, 15) is 4.79 Å². The van der Waals surface area contributed by atoms with E-state index >= 15 is 0 Å². The fourth-order valence-corrected chi connectivity index (χ4v) is 4.49. The maximum atomic E-state index is 12.9. The van der Waals surface area contributed by atoms with E-state index in [4.69, 9.17) is 0 Å². The third-order valence-electron chi connectivity index (χ3n) is 5.17. The lowest BCUT2D eigenvalue weighted by Crippen LogP contribution is -2.29. The molecule has 1 saturated heterocycles. The summed E-state index contributed by atoms with van der Waals surface area (Å²) in [6.07, 6.45) is 3.96. The van der Waals surface area contributed by atoms with E-state index in [0.717, 1.165) is 42.9 Å². The van der Waals surface area contributed by atoms with Crippen molar-refractivity contribution in [2.45, 2.75) is 32.6 Å². The summed E-state index contributed by atoms with van der Waals surface area (Å²) in [6.45, 7) is 6.06. The van der Waals surface area contributed by atoms with Gasteiger partial charge in [-0.15, -0.1) is 11.3 Å². The van der Waals surface area contributed by atoms with Gasteiger partial charge in [0.2, 0.25) is 0 Å². The van der Waals surface area contributed by atoms with Gasteiger partial charge in [-0.1, -0.05) is 23.8 Å². The molecule has 1 aliphatic heterocycles. The summed E-state index contributed by atoms with van der Waals surface area (Å²) in [7, 11) is 1.86. The Kier molecular flexibility index (Phi) is 5.28. The summed E-state index contributed by atoms with van der Waals surface area (Å²) in [5.41, 5.74) is 5.91. The molecule has 1 atom stereocenters. The zero-order valence-corrected chi connectivity index (χ0v) is 17.3. The minimum atomic E-state index is -0.143. The SMILES string of the molecule is Cc1ccc(-c2csc(NC(=O)c3cn(C)nc3C3CCCNC3)n2)c(C)c1. The molecule has 1 amide bonds. The second-order valence-electron chi connectivity index (χ2n) is 7.46. The molecular formula is C21H25N5OS. The monoisotopic (exact) mass is 395 g/mol. The quantitative estimate of drug-likeness (QED) is 0.703. The average Bonchev–Trinajstić information content (AvgIpc) is 3.29. The van der Waals surface area contributed by atoms with Crippen molar-refractivity contribution >= 4 is 22.4 Å². The highest BCUT2D eigenvalue weighted by atomic mass is 32.1. The van der Waals surface area contributed by atoms with Gasteiger partial charge in [-0.2, -0.15) is 5.10 Å². The van der Waals surface area contributed by atoms with Crippen molar-refractivity contribution in [1.82, 2.24) is 20.1 Å². The van der Waals surface area contributed by atoms with Crippen molar-refractivity contribution in [2.24, 2.45) is 7.05 Å². The van der Waals surface area contributed by atoms with Gasteiger partial charge in [0, 0.05) is 36.7 Å². The predicted octanol–water partition coefficient (Wildman–Crippen LogP) is 3.88. The number of amides is 1. The largest absolute Gasteiger partial charge is 0.316 e. The topological polar surface area (TPSA) is 71.8 Å². The van der Waals surface area contributed by atoms with Gasteiger partial charge >= 0.3 is 0 Å². The maximum absolute atomic E-state index is 12.9. The summed E-state index contributed by atoms with van der Waals surface area (Å²) in [5.74, 6) is 0.132. The van der Waals surface area contributed by atoms with Crippen molar-refractivity contribution in [3.05, 3.63) is 52.2 Å². The van der Waals surface area contributed by atoms with Crippen LogP contribution >= 0.6 is 11.3 Å².